The first-order valence-corrected chi connectivity index (χ1v) is 15.2. The largest absolute Gasteiger partial charge is 0.338 e. The first kappa shape index (κ1) is 26.3. The Bertz CT molecular complexity index is 1670. The molecule has 0 atom stereocenters. The number of unbranched alkanes of at least 4 members (excludes halogenated alkanes) is 9. The molecule has 0 fully saturated rings. The van der Waals surface area contributed by atoms with Gasteiger partial charge in [0, 0.05) is 17.7 Å². The van der Waals surface area contributed by atoms with Crippen LogP contribution in [0.4, 0.5) is 0 Å². The number of aromatic nitrogens is 4. The molecule has 0 unspecified atom stereocenters. The molecular weight excluding hydrogens is 488 g/mol. The van der Waals surface area contributed by atoms with Gasteiger partial charge < -0.3 is 9.55 Å². The third-order valence-electron chi connectivity index (χ3n) is 8.15. The van der Waals surface area contributed by atoms with Gasteiger partial charge >= 0.3 is 0 Å². The number of aryl methyl sites for hydroxylation is 1. The summed E-state index contributed by atoms with van der Waals surface area (Å²) in [7, 11) is 0. The van der Waals surface area contributed by atoms with E-state index in [9.17, 15) is 0 Å². The van der Waals surface area contributed by atoms with Gasteiger partial charge in [-0.15, -0.1) is 0 Å². The molecule has 6 rings (SSSR count). The molecule has 4 nitrogen and oxygen atoms in total. The predicted molar refractivity (Wildman–Crippen MR) is 170 cm³/mol. The number of rotatable bonds is 13. The number of nitrogens with one attached hydrogen (secondary N) is 1. The van der Waals surface area contributed by atoms with E-state index in [4.69, 9.17) is 9.97 Å². The van der Waals surface area contributed by atoms with Crippen molar-refractivity contribution in [1.82, 2.24) is 19.5 Å². The Morgan fingerprint density at radius 1 is 0.600 bits per heavy atom. The maximum absolute atomic E-state index is 5.09. The maximum Gasteiger partial charge on any atom is 0.141 e. The summed E-state index contributed by atoms with van der Waals surface area (Å²) in [5, 5.41) is 2.42. The third kappa shape index (κ3) is 5.82. The SMILES string of the molecule is CCCCCCCCCCCCn1c(-c2ccc3cc(-c4nc5ccccc5[nH]4)ccc3c2)nc2ccccc21. The van der Waals surface area contributed by atoms with E-state index in [1.165, 1.54) is 86.1 Å². The van der Waals surface area contributed by atoms with Crippen LogP contribution >= 0.6 is 0 Å². The first-order valence-electron chi connectivity index (χ1n) is 15.2. The number of hydrogen-bond donors (Lipinski definition) is 1. The Kier molecular flexibility index (Phi) is 8.23. The van der Waals surface area contributed by atoms with Crippen molar-refractivity contribution < 1.29 is 0 Å². The summed E-state index contributed by atoms with van der Waals surface area (Å²) in [6, 6.07) is 30.1. The van der Waals surface area contributed by atoms with Crippen molar-refractivity contribution >= 4 is 32.8 Å². The normalized spacial score (nSPS) is 11.7. The molecule has 6 aromatic rings. The third-order valence-corrected chi connectivity index (χ3v) is 8.15. The average Bonchev–Trinajstić information content (AvgIpc) is 3.59. The second-order valence-corrected chi connectivity index (χ2v) is 11.1. The minimum atomic E-state index is 0.908. The fourth-order valence-electron chi connectivity index (χ4n) is 5.90. The highest BCUT2D eigenvalue weighted by molar-refractivity contribution is 5.91. The quantitative estimate of drug-likeness (QED) is 0.152. The van der Waals surface area contributed by atoms with Crippen molar-refractivity contribution in [3.8, 4) is 22.8 Å². The van der Waals surface area contributed by atoms with Crippen molar-refractivity contribution in [3.05, 3.63) is 84.9 Å². The van der Waals surface area contributed by atoms with Crippen molar-refractivity contribution in [3.63, 3.8) is 0 Å². The summed E-state index contributed by atoms with van der Waals surface area (Å²) in [4.78, 5) is 13.3. The molecule has 204 valence electrons. The van der Waals surface area contributed by atoms with E-state index in [1.807, 2.05) is 18.2 Å². The molecular formula is C36H40N4. The van der Waals surface area contributed by atoms with Crippen LogP contribution in [0.3, 0.4) is 0 Å². The zero-order valence-corrected chi connectivity index (χ0v) is 23.7. The molecule has 0 radical (unpaired) electrons. The molecule has 40 heavy (non-hydrogen) atoms. The van der Waals surface area contributed by atoms with Crippen molar-refractivity contribution in [2.75, 3.05) is 0 Å². The summed E-state index contributed by atoms with van der Waals surface area (Å²) in [6.07, 6.45) is 13.5. The van der Waals surface area contributed by atoms with Gasteiger partial charge in [-0.1, -0.05) is 113 Å². The van der Waals surface area contributed by atoms with E-state index >= 15 is 0 Å². The second kappa shape index (κ2) is 12.5. The lowest BCUT2D eigenvalue weighted by Crippen LogP contribution is -2.01. The first-order chi connectivity index (χ1) is 19.8. The number of aromatic amines is 1. The number of para-hydroxylation sites is 4. The fraction of sp³-hybridized carbons (Fsp3) is 0.333. The number of fused-ring (bicyclic) bond motifs is 3. The molecule has 0 bridgehead atoms. The number of H-pyrrole nitrogens is 1. The van der Waals surface area contributed by atoms with Crippen LogP contribution in [0.2, 0.25) is 0 Å². The molecule has 2 aromatic heterocycles. The van der Waals surface area contributed by atoms with E-state index in [1.54, 1.807) is 0 Å². The van der Waals surface area contributed by atoms with Gasteiger partial charge in [-0.25, -0.2) is 9.97 Å². The Balaban J connectivity index is 1.17. The molecule has 0 spiro atoms. The summed E-state index contributed by atoms with van der Waals surface area (Å²) < 4.78 is 2.43. The topological polar surface area (TPSA) is 46.5 Å². The van der Waals surface area contributed by atoms with Gasteiger partial charge in [0.1, 0.15) is 11.6 Å². The van der Waals surface area contributed by atoms with Crippen LogP contribution in [-0.2, 0) is 6.54 Å². The molecule has 0 aliphatic carbocycles. The van der Waals surface area contributed by atoms with Crippen molar-refractivity contribution in [2.45, 2.75) is 77.7 Å². The van der Waals surface area contributed by atoms with Crippen molar-refractivity contribution in [2.24, 2.45) is 0 Å². The highest BCUT2D eigenvalue weighted by Crippen LogP contribution is 2.30. The number of hydrogen-bond acceptors (Lipinski definition) is 2. The highest BCUT2D eigenvalue weighted by atomic mass is 15.1. The summed E-state index contributed by atoms with van der Waals surface area (Å²) in [6.45, 7) is 3.30. The smallest absolute Gasteiger partial charge is 0.141 e. The Morgan fingerprint density at radius 3 is 1.98 bits per heavy atom. The van der Waals surface area contributed by atoms with E-state index in [0.29, 0.717) is 0 Å². The zero-order chi connectivity index (χ0) is 27.1. The van der Waals surface area contributed by atoms with Gasteiger partial charge in [0.05, 0.1) is 22.1 Å². The second-order valence-electron chi connectivity index (χ2n) is 11.1. The molecule has 1 N–H and O–H groups in total. The van der Waals surface area contributed by atoms with Crippen LogP contribution in [-0.4, -0.2) is 19.5 Å². The van der Waals surface area contributed by atoms with E-state index < -0.39 is 0 Å². The van der Waals surface area contributed by atoms with Crippen LogP contribution in [0.15, 0.2) is 84.9 Å². The lowest BCUT2D eigenvalue weighted by Gasteiger charge is -2.11. The molecule has 0 aliphatic rings. The van der Waals surface area contributed by atoms with E-state index in [-0.39, 0.29) is 0 Å². The van der Waals surface area contributed by atoms with Gasteiger partial charge in [0.2, 0.25) is 0 Å². The molecule has 0 amide bonds. The van der Waals surface area contributed by atoms with Crippen molar-refractivity contribution in [1.29, 1.82) is 0 Å². The monoisotopic (exact) mass is 528 g/mol. The van der Waals surface area contributed by atoms with Crippen LogP contribution in [0.5, 0.6) is 0 Å². The molecule has 4 heteroatoms. The minimum absolute atomic E-state index is 0.908. The maximum atomic E-state index is 5.09. The molecule has 0 saturated heterocycles. The standard InChI is InChI=1S/C36H40N4/c1-2-3-4-5-6-7-8-9-10-15-24-40-34-19-14-13-18-33(34)39-36(40)30-23-21-27-25-29(22-20-28(27)26-30)35-37-31-16-11-12-17-32(31)38-35/h11-14,16-23,25-26H,2-10,15,24H2,1H3,(H,37,38). The Hall–Kier alpha value is -3.92. The molecule has 0 aliphatic heterocycles. The average molecular weight is 529 g/mol. The lowest BCUT2D eigenvalue weighted by atomic mass is 10.0. The van der Waals surface area contributed by atoms with E-state index in [2.05, 4.69) is 83.2 Å². The van der Waals surface area contributed by atoms with Gasteiger partial charge in [-0.2, -0.15) is 0 Å². The number of nitrogens with zero attached hydrogens (tertiary/aromatic N) is 3. The minimum Gasteiger partial charge on any atom is -0.338 e. The van der Waals surface area contributed by atoms with Gasteiger partial charge in [-0.3, -0.25) is 0 Å². The number of benzene rings is 4. The zero-order valence-electron chi connectivity index (χ0n) is 23.7. The van der Waals surface area contributed by atoms with Gasteiger partial charge in [-0.05, 0) is 53.6 Å². The highest BCUT2D eigenvalue weighted by Gasteiger charge is 2.13. The van der Waals surface area contributed by atoms with Gasteiger partial charge in [0.15, 0.2) is 0 Å². The van der Waals surface area contributed by atoms with Crippen LogP contribution in [0.1, 0.15) is 71.1 Å². The van der Waals surface area contributed by atoms with Crippen LogP contribution in [0, 0.1) is 0 Å². The fourth-order valence-corrected chi connectivity index (χ4v) is 5.90. The van der Waals surface area contributed by atoms with Crippen LogP contribution in [0.25, 0.3) is 55.6 Å². The predicted octanol–water partition coefficient (Wildman–Crippen LogP) is 10.3. The summed E-state index contributed by atoms with van der Waals surface area (Å²) >= 11 is 0. The molecule has 2 heterocycles. The lowest BCUT2D eigenvalue weighted by molar-refractivity contribution is 0.539. The number of imidazole rings is 2. The molecule has 0 saturated carbocycles. The summed E-state index contributed by atoms with van der Waals surface area (Å²) in [5.74, 6) is 1.98. The molecule has 4 aromatic carbocycles. The van der Waals surface area contributed by atoms with E-state index in [0.717, 1.165) is 40.3 Å². The Morgan fingerprint density at radius 2 is 1.23 bits per heavy atom. The Labute approximate surface area is 237 Å². The van der Waals surface area contributed by atoms with Gasteiger partial charge in [0.25, 0.3) is 0 Å². The summed E-state index contributed by atoms with van der Waals surface area (Å²) in [5.41, 5.74) is 6.64. The van der Waals surface area contributed by atoms with Crippen LogP contribution < -0.4 is 0 Å².